The fourth-order valence-corrected chi connectivity index (χ4v) is 1.26. The molecule has 0 aliphatic rings. The lowest BCUT2D eigenvalue weighted by Gasteiger charge is -2.07. The first-order chi connectivity index (χ1) is 6.75. The zero-order chi connectivity index (χ0) is 10.4. The molecule has 0 spiro atoms. The smallest absolute Gasteiger partial charge is 0.252 e. The summed E-state index contributed by atoms with van der Waals surface area (Å²) in [6.07, 6.45) is 0.896. The van der Waals surface area contributed by atoms with E-state index in [1.54, 1.807) is 18.2 Å². The number of para-hydroxylation sites is 1. The predicted octanol–water partition coefficient (Wildman–Crippen LogP) is 1.95. The van der Waals surface area contributed by atoms with Gasteiger partial charge in [-0.2, -0.15) is 0 Å². The van der Waals surface area contributed by atoms with E-state index in [2.05, 4.69) is 15.9 Å². The highest BCUT2D eigenvalue weighted by molar-refractivity contribution is 9.09. The van der Waals surface area contributed by atoms with Gasteiger partial charge in [0, 0.05) is 5.33 Å². The van der Waals surface area contributed by atoms with Gasteiger partial charge < -0.3 is 10.5 Å². The van der Waals surface area contributed by atoms with Crippen molar-refractivity contribution in [2.75, 3.05) is 11.9 Å². The van der Waals surface area contributed by atoms with Gasteiger partial charge >= 0.3 is 0 Å². The summed E-state index contributed by atoms with van der Waals surface area (Å²) in [6.45, 7) is 0.579. The number of carbonyl (C=O) groups is 1. The van der Waals surface area contributed by atoms with Gasteiger partial charge in [0.25, 0.3) is 5.91 Å². The number of rotatable bonds is 5. The van der Waals surface area contributed by atoms with Crippen molar-refractivity contribution in [3.05, 3.63) is 29.8 Å². The Morgan fingerprint density at radius 1 is 1.43 bits per heavy atom. The molecular weight excluding hydrogens is 246 g/mol. The van der Waals surface area contributed by atoms with Crippen LogP contribution in [0.5, 0.6) is 5.75 Å². The van der Waals surface area contributed by atoms with E-state index < -0.39 is 5.91 Å². The van der Waals surface area contributed by atoms with Crippen LogP contribution >= 0.6 is 15.9 Å². The highest BCUT2D eigenvalue weighted by atomic mass is 79.9. The first kappa shape index (κ1) is 11.0. The first-order valence-electron chi connectivity index (χ1n) is 4.33. The molecule has 1 rings (SSSR count). The van der Waals surface area contributed by atoms with E-state index in [-0.39, 0.29) is 0 Å². The van der Waals surface area contributed by atoms with Crippen LogP contribution in [0.3, 0.4) is 0 Å². The highest BCUT2D eigenvalue weighted by Gasteiger charge is 2.07. The molecule has 1 aromatic rings. The lowest BCUT2D eigenvalue weighted by atomic mass is 10.2. The van der Waals surface area contributed by atoms with Crippen molar-refractivity contribution in [1.82, 2.24) is 0 Å². The Labute approximate surface area is 91.4 Å². The Morgan fingerprint density at radius 3 is 2.79 bits per heavy atom. The summed E-state index contributed by atoms with van der Waals surface area (Å²) in [5.41, 5.74) is 5.62. The standard InChI is InChI=1S/C10H12BrNO2/c11-6-3-7-14-9-5-2-1-4-8(9)10(12)13/h1-2,4-5H,3,6-7H2,(H2,12,13). The average molecular weight is 258 g/mol. The minimum Gasteiger partial charge on any atom is -0.493 e. The van der Waals surface area contributed by atoms with E-state index in [4.69, 9.17) is 10.5 Å². The Kier molecular flexibility index (Phi) is 4.46. The normalized spacial score (nSPS) is 9.79. The monoisotopic (exact) mass is 257 g/mol. The molecular formula is C10H12BrNO2. The van der Waals surface area contributed by atoms with Gasteiger partial charge in [0.05, 0.1) is 12.2 Å². The van der Waals surface area contributed by atoms with Crippen molar-refractivity contribution in [3.8, 4) is 5.75 Å². The van der Waals surface area contributed by atoms with Crippen LogP contribution in [-0.2, 0) is 0 Å². The van der Waals surface area contributed by atoms with E-state index in [1.165, 1.54) is 0 Å². The van der Waals surface area contributed by atoms with Crippen LogP contribution in [0.2, 0.25) is 0 Å². The van der Waals surface area contributed by atoms with Crippen molar-refractivity contribution >= 4 is 21.8 Å². The number of primary amides is 1. The molecule has 0 unspecified atom stereocenters. The molecule has 0 saturated carbocycles. The minimum absolute atomic E-state index is 0.432. The van der Waals surface area contributed by atoms with Crippen LogP contribution in [0.4, 0.5) is 0 Å². The second kappa shape index (κ2) is 5.65. The molecule has 0 aliphatic carbocycles. The minimum atomic E-state index is -0.459. The van der Waals surface area contributed by atoms with Crippen LogP contribution < -0.4 is 10.5 Å². The molecule has 0 bridgehead atoms. The second-order valence-corrected chi connectivity index (χ2v) is 3.54. The van der Waals surface area contributed by atoms with E-state index in [9.17, 15) is 4.79 Å². The van der Waals surface area contributed by atoms with Gasteiger partial charge in [-0.1, -0.05) is 28.1 Å². The topological polar surface area (TPSA) is 52.3 Å². The van der Waals surface area contributed by atoms with Gasteiger partial charge in [-0.15, -0.1) is 0 Å². The van der Waals surface area contributed by atoms with Gasteiger partial charge in [0.15, 0.2) is 0 Å². The molecule has 4 heteroatoms. The molecule has 3 nitrogen and oxygen atoms in total. The van der Waals surface area contributed by atoms with Crippen molar-refractivity contribution in [2.45, 2.75) is 6.42 Å². The van der Waals surface area contributed by atoms with E-state index in [1.807, 2.05) is 6.07 Å². The number of hydrogen-bond donors (Lipinski definition) is 1. The van der Waals surface area contributed by atoms with Crippen molar-refractivity contribution < 1.29 is 9.53 Å². The lowest BCUT2D eigenvalue weighted by molar-refractivity contribution is 0.0996. The Bertz CT molecular complexity index is 315. The molecule has 76 valence electrons. The summed E-state index contributed by atoms with van der Waals surface area (Å²) < 4.78 is 5.41. The lowest BCUT2D eigenvalue weighted by Crippen LogP contribution is -2.13. The number of hydrogen-bond acceptors (Lipinski definition) is 2. The molecule has 0 fully saturated rings. The summed E-state index contributed by atoms with van der Waals surface area (Å²) >= 11 is 3.30. The number of amides is 1. The van der Waals surface area contributed by atoms with Gasteiger partial charge in [0.1, 0.15) is 5.75 Å². The third-order valence-corrected chi connectivity index (χ3v) is 2.25. The molecule has 2 N–H and O–H groups in total. The van der Waals surface area contributed by atoms with Crippen molar-refractivity contribution in [1.29, 1.82) is 0 Å². The van der Waals surface area contributed by atoms with Gasteiger partial charge in [-0.25, -0.2) is 0 Å². The molecule has 0 radical (unpaired) electrons. The van der Waals surface area contributed by atoms with Crippen molar-refractivity contribution in [3.63, 3.8) is 0 Å². The van der Waals surface area contributed by atoms with Gasteiger partial charge in [0.2, 0.25) is 0 Å². The number of ether oxygens (including phenoxy) is 1. The van der Waals surface area contributed by atoms with Crippen LogP contribution in [0, 0.1) is 0 Å². The zero-order valence-corrected chi connectivity index (χ0v) is 9.29. The quantitative estimate of drug-likeness (QED) is 0.648. The highest BCUT2D eigenvalue weighted by Crippen LogP contribution is 2.17. The fraction of sp³-hybridized carbons (Fsp3) is 0.300. The van der Waals surface area contributed by atoms with Gasteiger partial charge in [-0.3, -0.25) is 4.79 Å². The molecule has 0 aliphatic heterocycles. The Hall–Kier alpha value is -1.03. The third kappa shape index (κ3) is 3.03. The number of carbonyl (C=O) groups excluding carboxylic acids is 1. The number of nitrogens with two attached hydrogens (primary N) is 1. The number of benzene rings is 1. The fourth-order valence-electron chi connectivity index (χ4n) is 1.03. The number of halogens is 1. The van der Waals surface area contributed by atoms with Crippen LogP contribution in [0.1, 0.15) is 16.8 Å². The predicted molar refractivity (Wildman–Crippen MR) is 58.9 cm³/mol. The summed E-state index contributed by atoms with van der Waals surface area (Å²) in [4.78, 5) is 11.0. The molecule has 0 atom stereocenters. The number of alkyl halides is 1. The molecule has 1 amide bonds. The second-order valence-electron chi connectivity index (χ2n) is 2.75. The molecule has 1 aromatic carbocycles. The maximum absolute atomic E-state index is 11.0. The molecule has 0 saturated heterocycles. The Morgan fingerprint density at radius 2 is 2.14 bits per heavy atom. The molecule has 14 heavy (non-hydrogen) atoms. The Balaban J connectivity index is 2.69. The van der Waals surface area contributed by atoms with E-state index >= 15 is 0 Å². The van der Waals surface area contributed by atoms with Gasteiger partial charge in [-0.05, 0) is 18.6 Å². The largest absolute Gasteiger partial charge is 0.493 e. The van der Waals surface area contributed by atoms with E-state index in [0.29, 0.717) is 17.9 Å². The molecule has 0 heterocycles. The van der Waals surface area contributed by atoms with Crippen LogP contribution in [-0.4, -0.2) is 17.8 Å². The third-order valence-electron chi connectivity index (χ3n) is 1.69. The molecule has 0 aromatic heterocycles. The maximum Gasteiger partial charge on any atom is 0.252 e. The maximum atomic E-state index is 11.0. The zero-order valence-electron chi connectivity index (χ0n) is 7.70. The van der Waals surface area contributed by atoms with Crippen LogP contribution in [0.25, 0.3) is 0 Å². The van der Waals surface area contributed by atoms with E-state index in [0.717, 1.165) is 11.8 Å². The van der Waals surface area contributed by atoms with Crippen LogP contribution in [0.15, 0.2) is 24.3 Å². The average Bonchev–Trinajstić information content (AvgIpc) is 2.19. The summed E-state index contributed by atoms with van der Waals surface area (Å²) in [7, 11) is 0. The van der Waals surface area contributed by atoms with Crippen molar-refractivity contribution in [2.24, 2.45) is 5.73 Å². The summed E-state index contributed by atoms with van der Waals surface area (Å²) in [6, 6.07) is 6.98. The summed E-state index contributed by atoms with van der Waals surface area (Å²) in [5, 5.41) is 0.881. The first-order valence-corrected chi connectivity index (χ1v) is 5.45. The SMILES string of the molecule is NC(=O)c1ccccc1OCCCBr. The summed E-state index contributed by atoms with van der Waals surface area (Å²) in [5.74, 6) is 0.0976.